The normalized spacial score (nSPS) is 16.2. The number of rotatable bonds is 5. The van der Waals surface area contributed by atoms with Gasteiger partial charge >= 0.3 is 0 Å². The lowest BCUT2D eigenvalue weighted by atomic mass is 10.1. The van der Waals surface area contributed by atoms with E-state index in [2.05, 4.69) is 35.3 Å². The number of amides is 1. The molecule has 0 unspecified atom stereocenters. The maximum absolute atomic E-state index is 12.0. The van der Waals surface area contributed by atoms with Crippen LogP contribution in [0.15, 0.2) is 53.5 Å². The summed E-state index contributed by atoms with van der Waals surface area (Å²) in [5.41, 5.74) is 2.46. The summed E-state index contributed by atoms with van der Waals surface area (Å²) in [6.07, 6.45) is 2.67. The molecule has 0 radical (unpaired) electrons. The number of hydrogen-bond acceptors (Lipinski definition) is 3. The van der Waals surface area contributed by atoms with Gasteiger partial charge in [0.2, 0.25) is 5.91 Å². The van der Waals surface area contributed by atoms with E-state index in [0.717, 1.165) is 13.0 Å². The van der Waals surface area contributed by atoms with Gasteiger partial charge in [-0.05, 0) is 31.0 Å². The van der Waals surface area contributed by atoms with E-state index in [-0.39, 0.29) is 18.0 Å². The standard InChI is InChI=1S/C18H21N3O2/c1-14-12-15-6-2-3-7-16(15)21(14)11-9-19-17(22)13-20-10-5-4-8-18(20)23/h2-8,10,14H,9,11-13H2,1H3,(H,19,22)/t14-/m1/s1. The molecule has 2 aromatic rings. The maximum atomic E-state index is 12.0. The maximum Gasteiger partial charge on any atom is 0.250 e. The molecule has 5 heteroatoms. The van der Waals surface area contributed by atoms with Crippen molar-refractivity contribution in [2.24, 2.45) is 0 Å². The average molecular weight is 311 g/mol. The molecule has 1 amide bonds. The molecule has 120 valence electrons. The van der Waals surface area contributed by atoms with Crippen LogP contribution in [0, 0.1) is 0 Å². The van der Waals surface area contributed by atoms with Crippen LogP contribution in [-0.4, -0.2) is 29.6 Å². The van der Waals surface area contributed by atoms with Gasteiger partial charge in [0.1, 0.15) is 6.54 Å². The van der Waals surface area contributed by atoms with E-state index in [0.29, 0.717) is 12.6 Å². The first-order chi connectivity index (χ1) is 11.1. The number of carbonyl (C=O) groups is 1. The molecule has 0 saturated heterocycles. The van der Waals surface area contributed by atoms with Gasteiger partial charge in [0.25, 0.3) is 5.56 Å². The lowest BCUT2D eigenvalue weighted by Crippen LogP contribution is -2.39. The Kier molecular flexibility index (Phi) is 4.46. The van der Waals surface area contributed by atoms with E-state index in [1.807, 2.05) is 6.07 Å². The SMILES string of the molecule is C[C@@H]1Cc2ccccc2N1CCNC(=O)Cn1ccccc1=O. The van der Waals surface area contributed by atoms with Crippen LogP contribution in [0.5, 0.6) is 0 Å². The number of nitrogens with zero attached hydrogens (tertiary/aromatic N) is 2. The van der Waals surface area contributed by atoms with E-state index in [1.165, 1.54) is 21.9 Å². The minimum absolute atomic E-state index is 0.0613. The largest absolute Gasteiger partial charge is 0.367 e. The first kappa shape index (κ1) is 15.3. The molecule has 1 atom stereocenters. The van der Waals surface area contributed by atoms with Crippen molar-refractivity contribution in [3.8, 4) is 0 Å². The third kappa shape index (κ3) is 3.44. The Hall–Kier alpha value is -2.56. The van der Waals surface area contributed by atoms with Crippen molar-refractivity contribution >= 4 is 11.6 Å². The highest BCUT2D eigenvalue weighted by Crippen LogP contribution is 2.31. The molecule has 0 fully saturated rings. The van der Waals surface area contributed by atoms with Gasteiger partial charge in [0.05, 0.1) is 0 Å². The monoisotopic (exact) mass is 311 g/mol. The van der Waals surface area contributed by atoms with Gasteiger partial charge < -0.3 is 14.8 Å². The number of hydrogen-bond donors (Lipinski definition) is 1. The third-order valence-corrected chi connectivity index (χ3v) is 4.24. The molecular formula is C18H21N3O2. The Bertz CT molecular complexity index is 754. The minimum Gasteiger partial charge on any atom is -0.367 e. The van der Waals surface area contributed by atoms with Gasteiger partial charge in [-0.1, -0.05) is 24.3 Å². The third-order valence-electron chi connectivity index (χ3n) is 4.24. The highest BCUT2D eigenvalue weighted by Gasteiger charge is 2.24. The fourth-order valence-corrected chi connectivity index (χ4v) is 3.09. The summed E-state index contributed by atoms with van der Waals surface area (Å²) in [7, 11) is 0. The average Bonchev–Trinajstić information content (AvgIpc) is 2.86. The summed E-state index contributed by atoms with van der Waals surface area (Å²) >= 11 is 0. The van der Waals surface area contributed by atoms with Crippen molar-refractivity contribution in [1.82, 2.24) is 9.88 Å². The molecule has 0 spiro atoms. The number of anilines is 1. The predicted molar refractivity (Wildman–Crippen MR) is 90.7 cm³/mol. The second kappa shape index (κ2) is 6.69. The first-order valence-corrected chi connectivity index (χ1v) is 7.92. The zero-order valence-corrected chi connectivity index (χ0v) is 13.2. The lowest BCUT2D eigenvalue weighted by molar-refractivity contribution is -0.121. The number of fused-ring (bicyclic) bond motifs is 1. The highest BCUT2D eigenvalue weighted by molar-refractivity contribution is 5.75. The van der Waals surface area contributed by atoms with Crippen LogP contribution in [0.3, 0.4) is 0 Å². The number of aromatic nitrogens is 1. The van der Waals surface area contributed by atoms with Crippen LogP contribution in [0.2, 0.25) is 0 Å². The lowest BCUT2D eigenvalue weighted by Gasteiger charge is -2.25. The molecule has 1 aromatic carbocycles. The molecule has 0 bridgehead atoms. The minimum atomic E-state index is -0.162. The van der Waals surface area contributed by atoms with Gasteiger partial charge in [0.15, 0.2) is 0 Å². The van der Waals surface area contributed by atoms with Gasteiger partial charge in [-0.15, -0.1) is 0 Å². The Balaban J connectivity index is 1.53. The Labute approximate surface area is 135 Å². The van der Waals surface area contributed by atoms with Gasteiger partial charge in [-0.2, -0.15) is 0 Å². The van der Waals surface area contributed by atoms with Crippen LogP contribution in [-0.2, 0) is 17.8 Å². The van der Waals surface area contributed by atoms with Crippen molar-refractivity contribution in [2.45, 2.75) is 25.9 Å². The van der Waals surface area contributed by atoms with Crippen molar-refractivity contribution in [3.05, 3.63) is 64.6 Å². The van der Waals surface area contributed by atoms with Crippen molar-refractivity contribution in [3.63, 3.8) is 0 Å². The van der Waals surface area contributed by atoms with E-state index in [4.69, 9.17) is 0 Å². The highest BCUT2D eigenvalue weighted by atomic mass is 16.2. The molecule has 1 aliphatic rings. The van der Waals surface area contributed by atoms with E-state index in [1.54, 1.807) is 18.3 Å². The number of para-hydroxylation sites is 1. The van der Waals surface area contributed by atoms with Crippen LogP contribution < -0.4 is 15.8 Å². The van der Waals surface area contributed by atoms with Crippen molar-refractivity contribution in [2.75, 3.05) is 18.0 Å². The fourth-order valence-electron chi connectivity index (χ4n) is 3.09. The molecule has 2 heterocycles. The van der Waals surface area contributed by atoms with E-state index >= 15 is 0 Å². The molecule has 1 aliphatic heterocycles. The molecule has 23 heavy (non-hydrogen) atoms. The van der Waals surface area contributed by atoms with Crippen LogP contribution in [0.25, 0.3) is 0 Å². The Morgan fingerprint density at radius 1 is 1.22 bits per heavy atom. The molecule has 1 N–H and O–H groups in total. The van der Waals surface area contributed by atoms with E-state index in [9.17, 15) is 9.59 Å². The zero-order valence-electron chi connectivity index (χ0n) is 13.2. The van der Waals surface area contributed by atoms with Crippen LogP contribution >= 0.6 is 0 Å². The summed E-state index contributed by atoms with van der Waals surface area (Å²) in [5.74, 6) is -0.140. The van der Waals surface area contributed by atoms with Crippen molar-refractivity contribution < 1.29 is 4.79 Å². The summed E-state index contributed by atoms with van der Waals surface area (Å²) in [5, 5.41) is 2.90. The second-order valence-electron chi connectivity index (χ2n) is 5.89. The predicted octanol–water partition coefficient (Wildman–Crippen LogP) is 1.42. The number of pyridine rings is 1. The molecule has 1 aromatic heterocycles. The molecular weight excluding hydrogens is 290 g/mol. The zero-order chi connectivity index (χ0) is 16.2. The van der Waals surface area contributed by atoms with Gasteiger partial charge in [0, 0.05) is 37.1 Å². The fraction of sp³-hybridized carbons (Fsp3) is 0.333. The Morgan fingerprint density at radius 3 is 2.83 bits per heavy atom. The van der Waals surface area contributed by atoms with Crippen molar-refractivity contribution in [1.29, 1.82) is 0 Å². The summed E-state index contributed by atoms with van der Waals surface area (Å²) < 4.78 is 1.41. The van der Waals surface area contributed by atoms with Crippen LogP contribution in [0.4, 0.5) is 5.69 Å². The summed E-state index contributed by atoms with van der Waals surface area (Å²) in [6.45, 7) is 3.60. The van der Waals surface area contributed by atoms with Gasteiger partial charge in [-0.25, -0.2) is 0 Å². The molecule has 0 saturated carbocycles. The summed E-state index contributed by atoms with van der Waals surface area (Å²) in [6, 6.07) is 13.7. The van der Waals surface area contributed by atoms with E-state index < -0.39 is 0 Å². The number of benzene rings is 1. The Morgan fingerprint density at radius 2 is 2.00 bits per heavy atom. The number of carbonyl (C=O) groups excluding carboxylic acids is 1. The first-order valence-electron chi connectivity index (χ1n) is 7.92. The van der Waals surface area contributed by atoms with Crippen LogP contribution in [0.1, 0.15) is 12.5 Å². The molecule has 0 aliphatic carbocycles. The number of nitrogens with one attached hydrogen (secondary N) is 1. The summed E-state index contributed by atoms with van der Waals surface area (Å²) in [4.78, 5) is 25.9. The van der Waals surface area contributed by atoms with Gasteiger partial charge in [-0.3, -0.25) is 9.59 Å². The quantitative estimate of drug-likeness (QED) is 0.908. The second-order valence-corrected chi connectivity index (χ2v) is 5.89. The molecule has 5 nitrogen and oxygen atoms in total. The smallest absolute Gasteiger partial charge is 0.250 e. The topological polar surface area (TPSA) is 54.3 Å². The molecule has 3 rings (SSSR count).